The first kappa shape index (κ1) is 14.4. The summed E-state index contributed by atoms with van der Waals surface area (Å²) in [5.74, 6) is -0.224. The van der Waals surface area contributed by atoms with E-state index in [1.165, 1.54) is 0 Å². The van der Waals surface area contributed by atoms with Crippen molar-refractivity contribution in [3.8, 4) is 0 Å². The predicted molar refractivity (Wildman–Crippen MR) is 79.7 cm³/mol. The van der Waals surface area contributed by atoms with Crippen LogP contribution in [0.1, 0.15) is 10.4 Å². The summed E-state index contributed by atoms with van der Waals surface area (Å²) < 4.78 is 6.15. The maximum Gasteiger partial charge on any atom is 0.257 e. The summed E-state index contributed by atoms with van der Waals surface area (Å²) >= 11 is 8.42. The van der Waals surface area contributed by atoms with E-state index in [2.05, 4.69) is 26.7 Å². The molecule has 2 N–H and O–H groups in total. The number of carbonyl (C=O) groups is 1. The van der Waals surface area contributed by atoms with Crippen molar-refractivity contribution in [2.75, 3.05) is 26.3 Å². The molecular weight excluding hydrogens is 330 g/mol. The number of ether oxygens (including phenoxy) is 1. The highest BCUT2D eigenvalue weighted by Crippen LogP contribution is 2.10. The quantitative estimate of drug-likeness (QED) is 0.793. The van der Waals surface area contributed by atoms with Crippen LogP contribution >= 0.6 is 28.1 Å². The summed E-state index contributed by atoms with van der Waals surface area (Å²) in [6, 6.07) is 7.09. The summed E-state index contributed by atoms with van der Waals surface area (Å²) in [4.78, 5) is 11.9. The number of rotatable bonds is 2. The van der Waals surface area contributed by atoms with Gasteiger partial charge in [0.25, 0.3) is 5.91 Å². The monoisotopic (exact) mass is 343 g/mol. The van der Waals surface area contributed by atoms with Crippen LogP contribution in [0.5, 0.6) is 0 Å². The predicted octanol–water partition coefficient (Wildman–Crippen LogP) is 1.30. The number of hydrogen-bond donors (Lipinski definition) is 2. The van der Waals surface area contributed by atoms with Crippen LogP contribution in [0.2, 0.25) is 0 Å². The van der Waals surface area contributed by atoms with Crippen molar-refractivity contribution < 1.29 is 9.53 Å². The lowest BCUT2D eigenvalue weighted by Gasteiger charge is -2.27. The van der Waals surface area contributed by atoms with Gasteiger partial charge in [-0.3, -0.25) is 15.5 Å². The van der Waals surface area contributed by atoms with Crippen LogP contribution in [-0.4, -0.2) is 42.3 Å². The van der Waals surface area contributed by atoms with Crippen LogP contribution in [0.25, 0.3) is 0 Å². The summed E-state index contributed by atoms with van der Waals surface area (Å²) in [6.07, 6.45) is 0. The first-order valence-electron chi connectivity index (χ1n) is 5.85. The molecule has 1 aromatic carbocycles. The number of nitrogens with one attached hydrogen (secondary N) is 2. The Balaban J connectivity index is 1.84. The zero-order chi connectivity index (χ0) is 13.7. The summed E-state index contributed by atoms with van der Waals surface area (Å²) in [5.41, 5.74) is 3.54. The molecule has 1 aliphatic rings. The topological polar surface area (TPSA) is 53.6 Å². The second-order valence-electron chi connectivity index (χ2n) is 4.00. The zero-order valence-corrected chi connectivity index (χ0v) is 12.6. The van der Waals surface area contributed by atoms with Gasteiger partial charge in [-0.15, -0.1) is 0 Å². The molecule has 2 rings (SSSR count). The van der Waals surface area contributed by atoms with Crippen LogP contribution in [0, 0.1) is 0 Å². The molecular formula is C12H14BrN3O2S. The number of nitrogens with zero attached hydrogens (tertiary/aromatic N) is 1. The Hall–Kier alpha value is -1.02. The van der Waals surface area contributed by atoms with Crippen LogP contribution in [-0.2, 0) is 4.74 Å². The molecule has 1 saturated heterocycles. The highest BCUT2D eigenvalue weighted by Gasteiger charge is 2.13. The summed E-state index contributed by atoms with van der Waals surface area (Å²) in [7, 11) is 0. The molecule has 1 aliphatic heterocycles. The van der Waals surface area contributed by atoms with Gasteiger partial charge in [0.15, 0.2) is 5.11 Å². The van der Waals surface area contributed by atoms with Gasteiger partial charge in [-0.1, -0.05) is 15.9 Å². The first-order valence-corrected chi connectivity index (χ1v) is 7.05. The van der Waals surface area contributed by atoms with Crippen molar-refractivity contribution in [1.82, 2.24) is 15.8 Å². The van der Waals surface area contributed by atoms with Crippen LogP contribution in [0.4, 0.5) is 0 Å². The first-order chi connectivity index (χ1) is 9.15. The van der Waals surface area contributed by atoms with Gasteiger partial charge >= 0.3 is 0 Å². The van der Waals surface area contributed by atoms with E-state index in [0.29, 0.717) is 23.9 Å². The van der Waals surface area contributed by atoms with Crippen molar-refractivity contribution in [3.05, 3.63) is 34.3 Å². The van der Waals surface area contributed by atoms with Gasteiger partial charge < -0.3 is 4.74 Å². The Kier molecular flexibility index (Phi) is 5.26. The molecule has 7 heteroatoms. The second kappa shape index (κ2) is 6.95. The van der Waals surface area contributed by atoms with Gasteiger partial charge in [0.05, 0.1) is 13.2 Å². The largest absolute Gasteiger partial charge is 0.379 e. The lowest BCUT2D eigenvalue weighted by Crippen LogP contribution is -2.52. The van der Waals surface area contributed by atoms with Gasteiger partial charge in [0.1, 0.15) is 0 Å². The van der Waals surface area contributed by atoms with E-state index in [1.54, 1.807) is 12.1 Å². The highest BCUT2D eigenvalue weighted by atomic mass is 79.9. The molecule has 1 fully saturated rings. The normalized spacial score (nSPS) is 15.8. The molecule has 5 nitrogen and oxygen atoms in total. The number of thiocarbonyl (C=S) groups is 1. The zero-order valence-electron chi connectivity index (χ0n) is 10.2. The molecule has 102 valence electrons. The standard InChI is InChI=1S/C12H14BrN3O2S/c13-10-3-1-9(2-4-10)11(17)14-12(19)15-16-5-7-18-8-6-16/h1-4H,5-8H2,(H2,14,15,17,19). The fourth-order valence-corrected chi connectivity index (χ4v) is 2.11. The number of carbonyl (C=O) groups excluding carboxylic acids is 1. The molecule has 0 spiro atoms. The molecule has 1 amide bonds. The third kappa shape index (κ3) is 4.54. The van der Waals surface area contributed by atoms with Crippen molar-refractivity contribution in [3.63, 3.8) is 0 Å². The highest BCUT2D eigenvalue weighted by molar-refractivity contribution is 9.10. The Morgan fingerprint density at radius 2 is 1.89 bits per heavy atom. The lowest BCUT2D eigenvalue weighted by atomic mass is 10.2. The van der Waals surface area contributed by atoms with Gasteiger partial charge in [-0.2, -0.15) is 0 Å². The van der Waals surface area contributed by atoms with Gasteiger partial charge in [-0.25, -0.2) is 5.01 Å². The Bertz CT molecular complexity index is 461. The lowest BCUT2D eigenvalue weighted by molar-refractivity contribution is 0.0247. The van der Waals surface area contributed by atoms with Gasteiger partial charge in [0.2, 0.25) is 0 Å². The van der Waals surface area contributed by atoms with E-state index in [1.807, 2.05) is 17.1 Å². The summed E-state index contributed by atoms with van der Waals surface area (Å²) in [5, 5.41) is 4.87. The number of hydrogen-bond acceptors (Lipinski definition) is 4. The van der Waals surface area contributed by atoms with E-state index in [4.69, 9.17) is 17.0 Å². The number of hydrazine groups is 1. The third-order valence-electron chi connectivity index (χ3n) is 2.60. The molecule has 19 heavy (non-hydrogen) atoms. The minimum atomic E-state index is -0.224. The second-order valence-corrected chi connectivity index (χ2v) is 5.33. The average molecular weight is 344 g/mol. The molecule has 1 aromatic rings. The fraction of sp³-hybridized carbons (Fsp3) is 0.333. The molecule has 0 radical (unpaired) electrons. The molecule has 0 saturated carbocycles. The fourth-order valence-electron chi connectivity index (χ4n) is 1.62. The van der Waals surface area contributed by atoms with E-state index in [9.17, 15) is 4.79 Å². The minimum absolute atomic E-state index is 0.224. The molecule has 0 aliphatic carbocycles. The Morgan fingerprint density at radius 1 is 1.26 bits per heavy atom. The molecule has 0 unspecified atom stereocenters. The van der Waals surface area contributed by atoms with Crippen LogP contribution in [0.3, 0.4) is 0 Å². The maximum atomic E-state index is 11.9. The average Bonchev–Trinajstić information content (AvgIpc) is 2.40. The van der Waals surface area contributed by atoms with Gasteiger partial charge in [0, 0.05) is 23.1 Å². The molecule has 0 aromatic heterocycles. The van der Waals surface area contributed by atoms with E-state index >= 15 is 0 Å². The van der Waals surface area contributed by atoms with Crippen molar-refractivity contribution in [1.29, 1.82) is 0 Å². The number of halogens is 1. The smallest absolute Gasteiger partial charge is 0.257 e. The van der Waals surface area contributed by atoms with Crippen molar-refractivity contribution in [2.45, 2.75) is 0 Å². The van der Waals surface area contributed by atoms with Crippen molar-refractivity contribution >= 4 is 39.2 Å². The Labute approximate surface area is 125 Å². The Morgan fingerprint density at radius 3 is 2.53 bits per heavy atom. The SMILES string of the molecule is O=C(NC(=S)NN1CCOCC1)c1ccc(Br)cc1. The van der Waals surface area contributed by atoms with E-state index < -0.39 is 0 Å². The van der Waals surface area contributed by atoms with E-state index in [-0.39, 0.29) is 5.91 Å². The molecule has 1 heterocycles. The molecule has 0 atom stereocenters. The third-order valence-corrected chi connectivity index (χ3v) is 3.33. The number of benzene rings is 1. The minimum Gasteiger partial charge on any atom is -0.379 e. The van der Waals surface area contributed by atoms with Gasteiger partial charge in [-0.05, 0) is 36.5 Å². The van der Waals surface area contributed by atoms with E-state index in [0.717, 1.165) is 17.6 Å². The number of amides is 1. The maximum absolute atomic E-state index is 11.9. The van der Waals surface area contributed by atoms with Crippen LogP contribution in [0.15, 0.2) is 28.7 Å². The summed E-state index contributed by atoms with van der Waals surface area (Å²) in [6.45, 7) is 2.81. The number of morpholine rings is 1. The van der Waals surface area contributed by atoms with Crippen molar-refractivity contribution in [2.24, 2.45) is 0 Å². The van der Waals surface area contributed by atoms with Crippen LogP contribution < -0.4 is 10.7 Å². The molecule has 0 bridgehead atoms.